The Balaban J connectivity index is 1.81. The lowest BCUT2D eigenvalue weighted by Gasteiger charge is -2.20. The van der Waals surface area contributed by atoms with E-state index in [4.69, 9.17) is 9.84 Å². The molecule has 0 saturated heterocycles. The normalized spacial score (nSPS) is 11.9. The molecule has 0 aliphatic carbocycles. The van der Waals surface area contributed by atoms with Crippen LogP contribution in [0.2, 0.25) is 0 Å². The van der Waals surface area contributed by atoms with Crippen molar-refractivity contribution in [2.45, 2.75) is 19.1 Å². The molecule has 0 heterocycles. The molecule has 1 atom stereocenters. The number of halogens is 1. The van der Waals surface area contributed by atoms with Gasteiger partial charge in [-0.05, 0) is 28.8 Å². The van der Waals surface area contributed by atoms with Gasteiger partial charge in [0.15, 0.2) is 0 Å². The van der Waals surface area contributed by atoms with Gasteiger partial charge in [-0.15, -0.1) is 0 Å². The van der Waals surface area contributed by atoms with Gasteiger partial charge in [0.05, 0.1) is 18.3 Å². The fourth-order valence-electron chi connectivity index (χ4n) is 2.76. The highest BCUT2D eigenvalue weighted by atomic mass is 79.9. The third kappa shape index (κ3) is 4.81. The van der Waals surface area contributed by atoms with Crippen molar-refractivity contribution in [3.05, 3.63) is 106 Å². The molecule has 26 heavy (non-hydrogen) atoms. The average molecular weight is 411 g/mol. The summed E-state index contributed by atoms with van der Waals surface area (Å²) >= 11 is 3.49. The van der Waals surface area contributed by atoms with Gasteiger partial charge in [0, 0.05) is 10.9 Å². The summed E-state index contributed by atoms with van der Waals surface area (Å²) in [6, 6.07) is 25.2. The maximum atomic E-state index is 11.1. The Hall–Kier alpha value is -2.43. The topological polar surface area (TPSA) is 46.5 Å². The van der Waals surface area contributed by atoms with E-state index in [-0.39, 0.29) is 11.7 Å². The zero-order valence-corrected chi connectivity index (χ0v) is 15.7. The lowest BCUT2D eigenvalue weighted by atomic mass is 10.00. The number of hydrogen-bond donors (Lipinski definition) is 1. The van der Waals surface area contributed by atoms with E-state index in [2.05, 4.69) is 28.1 Å². The third-order valence-corrected chi connectivity index (χ3v) is 4.91. The summed E-state index contributed by atoms with van der Waals surface area (Å²) in [7, 11) is 0. The van der Waals surface area contributed by atoms with Gasteiger partial charge < -0.3 is 9.84 Å². The van der Waals surface area contributed by atoms with Crippen molar-refractivity contribution < 1.29 is 14.6 Å². The highest BCUT2D eigenvalue weighted by molar-refractivity contribution is 9.10. The Labute approximate surface area is 161 Å². The smallest absolute Gasteiger partial charge is 0.335 e. The van der Waals surface area contributed by atoms with E-state index in [0.29, 0.717) is 13.0 Å². The van der Waals surface area contributed by atoms with Crippen LogP contribution >= 0.6 is 15.9 Å². The molecule has 0 amide bonds. The molecule has 3 rings (SSSR count). The SMILES string of the molecule is O=C(O)c1ccc(CC(OCc2ccccc2)c2ccccc2)c(Br)c1. The first-order chi connectivity index (χ1) is 12.6. The second kappa shape index (κ2) is 8.79. The molecule has 0 aliphatic rings. The van der Waals surface area contributed by atoms with E-state index in [1.54, 1.807) is 12.1 Å². The molecule has 1 unspecified atom stereocenters. The van der Waals surface area contributed by atoms with Crippen molar-refractivity contribution in [1.29, 1.82) is 0 Å². The number of benzene rings is 3. The van der Waals surface area contributed by atoms with Crippen molar-refractivity contribution in [3.8, 4) is 0 Å². The summed E-state index contributed by atoms with van der Waals surface area (Å²) in [5, 5.41) is 9.12. The maximum Gasteiger partial charge on any atom is 0.335 e. The van der Waals surface area contributed by atoms with Gasteiger partial charge in [0.1, 0.15) is 0 Å². The van der Waals surface area contributed by atoms with Crippen molar-refractivity contribution >= 4 is 21.9 Å². The van der Waals surface area contributed by atoms with Crippen LogP contribution in [0.1, 0.15) is 33.2 Å². The molecule has 0 fully saturated rings. The van der Waals surface area contributed by atoms with E-state index in [1.807, 2.05) is 54.6 Å². The number of aromatic carboxylic acids is 1. The van der Waals surface area contributed by atoms with Crippen LogP contribution in [0.5, 0.6) is 0 Å². The number of rotatable bonds is 7. The largest absolute Gasteiger partial charge is 0.478 e. The lowest BCUT2D eigenvalue weighted by Crippen LogP contribution is -2.09. The minimum atomic E-state index is -0.933. The van der Waals surface area contributed by atoms with Gasteiger partial charge in [0.2, 0.25) is 0 Å². The molecule has 3 aromatic carbocycles. The fourth-order valence-corrected chi connectivity index (χ4v) is 3.30. The molecule has 0 radical (unpaired) electrons. The van der Waals surface area contributed by atoms with Crippen LogP contribution in [0.25, 0.3) is 0 Å². The van der Waals surface area contributed by atoms with Crippen LogP contribution in [0.3, 0.4) is 0 Å². The summed E-state index contributed by atoms with van der Waals surface area (Å²) in [5.41, 5.74) is 3.49. The van der Waals surface area contributed by atoms with Crippen LogP contribution in [-0.4, -0.2) is 11.1 Å². The lowest BCUT2D eigenvalue weighted by molar-refractivity contribution is 0.0398. The van der Waals surface area contributed by atoms with E-state index < -0.39 is 5.97 Å². The minimum absolute atomic E-state index is 0.122. The van der Waals surface area contributed by atoms with Crippen LogP contribution in [-0.2, 0) is 17.8 Å². The van der Waals surface area contributed by atoms with E-state index in [1.165, 1.54) is 0 Å². The summed E-state index contributed by atoms with van der Waals surface area (Å²) in [6.07, 6.45) is 0.528. The zero-order chi connectivity index (χ0) is 18.4. The minimum Gasteiger partial charge on any atom is -0.478 e. The van der Waals surface area contributed by atoms with Gasteiger partial charge in [-0.2, -0.15) is 0 Å². The van der Waals surface area contributed by atoms with E-state index in [9.17, 15) is 4.79 Å². The number of ether oxygens (including phenoxy) is 1. The monoisotopic (exact) mass is 410 g/mol. The third-order valence-electron chi connectivity index (χ3n) is 4.17. The molecular formula is C22H19BrO3. The molecule has 132 valence electrons. The fraction of sp³-hybridized carbons (Fsp3) is 0.136. The molecule has 0 aromatic heterocycles. The average Bonchev–Trinajstić information content (AvgIpc) is 2.67. The molecule has 1 N–H and O–H groups in total. The predicted molar refractivity (Wildman–Crippen MR) is 105 cm³/mol. The van der Waals surface area contributed by atoms with Gasteiger partial charge >= 0.3 is 5.97 Å². The molecule has 4 heteroatoms. The van der Waals surface area contributed by atoms with Crippen molar-refractivity contribution in [2.24, 2.45) is 0 Å². The molecule has 0 spiro atoms. The van der Waals surface area contributed by atoms with Gasteiger partial charge in [-0.3, -0.25) is 0 Å². The molecule has 3 nitrogen and oxygen atoms in total. The Kier molecular flexibility index (Phi) is 6.21. The molecule has 0 aliphatic heterocycles. The Bertz CT molecular complexity index is 863. The Morgan fingerprint density at radius 1 is 0.962 bits per heavy atom. The second-order valence-corrected chi connectivity index (χ2v) is 6.87. The van der Waals surface area contributed by atoms with Crippen LogP contribution in [0, 0.1) is 0 Å². The van der Waals surface area contributed by atoms with Gasteiger partial charge in [0.25, 0.3) is 0 Å². The van der Waals surface area contributed by atoms with Crippen LogP contribution in [0.4, 0.5) is 0 Å². The van der Waals surface area contributed by atoms with Crippen molar-refractivity contribution in [2.75, 3.05) is 0 Å². The summed E-state index contributed by atoms with van der Waals surface area (Å²) < 4.78 is 6.99. The molecular weight excluding hydrogens is 392 g/mol. The highest BCUT2D eigenvalue weighted by Crippen LogP contribution is 2.28. The van der Waals surface area contributed by atoms with Crippen LogP contribution < -0.4 is 0 Å². The van der Waals surface area contributed by atoms with Crippen molar-refractivity contribution in [3.63, 3.8) is 0 Å². The van der Waals surface area contributed by atoms with Crippen molar-refractivity contribution in [1.82, 2.24) is 0 Å². The second-order valence-electron chi connectivity index (χ2n) is 6.01. The number of carboxylic acid groups (broad SMARTS) is 1. The molecule has 0 bridgehead atoms. The van der Waals surface area contributed by atoms with E-state index in [0.717, 1.165) is 21.2 Å². The summed E-state index contributed by atoms with van der Waals surface area (Å²) in [4.78, 5) is 11.1. The first kappa shape index (κ1) is 18.4. The van der Waals surface area contributed by atoms with Gasteiger partial charge in [-0.25, -0.2) is 4.79 Å². The molecule has 3 aromatic rings. The predicted octanol–water partition coefficient (Wildman–Crippen LogP) is 5.65. The van der Waals surface area contributed by atoms with Crippen LogP contribution in [0.15, 0.2) is 83.3 Å². The number of hydrogen-bond acceptors (Lipinski definition) is 2. The van der Waals surface area contributed by atoms with Gasteiger partial charge in [-0.1, -0.05) is 82.7 Å². The highest BCUT2D eigenvalue weighted by Gasteiger charge is 2.16. The standard InChI is InChI=1S/C22H19BrO3/c23-20-13-19(22(24)25)12-11-18(20)14-21(17-9-5-2-6-10-17)26-15-16-7-3-1-4-8-16/h1-13,21H,14-15H2,(H,24,25). The molecule has 0 saturated carbocycles. The Morgan fingerprint density at radius 3 is 2.23 bits per heavy atom. The Morgan fingerprint density at radius 2 is 1.62 bits per heavy atom. The van der Waals surface area contributed by atoms with E-state index >= 15 is 0 Å². The summed E-state index contributed by atoms with van der Waals surface area (Å²) in [5.74, 6) is -0.933. The zero-order valence-electron chi connectivity index (χ0n) is 14.1. The number of carboxylic acids is 1. The maximum absolute atomic E-state index is 11.1. The number of carbonyl (C=O) groups is 1. The quantitative estimate of drug-likeness (QED) is 0.547. The first-order valence-electron chi connectivity index (χ1n) is 8.35. The first-order valence-corrected chi connectivity index (χ1v) is 9.15. The summed E-state index contributed by atoms with van der Waals surface area (Å²) in [6.45, 7) is 0.519.